The van der Waals surface area contributed by atoms with Gasteiger partial charge >= 0.3 is 5.91 Å². The van der Waals surface area contributed by atoms with Crippen LogP contribution in [-0.4, -0.2) is 10.9 Å². The molecule has 0 aliphatic carbocycles. The van der Waals surface area contributed by atoms with E-state index >= 15 is 0 Å². The molecule has 13 heavy (non-hydrogen) atoms. The average molecular weight is 172 g/mol. The zero-order chi connectivity index (χ0) is 8.84. The second-order valence-corrected chi connectivity index (χ2v) is 2.77. The molecule has 62 valence electrons. The van der Waals surface area contributed by atoms with Crippen LogP contribution >= 0.6 is 0 Å². The number of hydrogen-bond donors (Lipinski definition) is 0. The van der Waals surface area contributed by atoms with E-state index in [1.54, 1.807) is 12.3 Å². The number of carbonyl (C=O) groups is 1. The molecule has 0 bridgehead atoms. The van der Waals surface area contributed by atoms with E-state index in [0.717, 1.165) is 10.8 Å². The van der Waals surface area contributed by atoms with Gasteiger partial charge in [-0.15, -0.1) is 0 Å². The van der Waals surface area contributed by atoms with Crippen LogP contribution in [0.3, 0.4) is 0 Å². The minimum Gasteiger partial charge on any atom is -0.458 e. The molecule has 3 heterocycles. The number of nitrogens with zero attached hydrogens (tertiary/aromatic N) is 2. The summed E-state index contributed by atoms with van der Waals surface area (Å²) in [6.07, 6.45) is 4.90. The molecule has 0 aromatic carbocycles. The number of pyridine rings is 1. The molecule has 0 saturated carbocycles. The van der Waals surface area contributed by atoms with E-state index in [4.69, 9.17) is 4.74 Å². The molecule has 0 atom stereocenters. The fourth-order valence-corrected chi connectivity index (χ4v) is 1.46. The maximum Gasteiger partial charge on any atom is 0.315 e. The van der Waals surface area contributed by atoms with E-state index < -0.39 is 0 Å². The molecule has 1 aromatic rings. The van der Waals surface area contributed by atoms with E-state index in [1.807, 2.05) is 6.07 Å². The number of hydrogen-bond acceptors (Lipinski definition) is 3. The molecule has 2 aliphatic rings. The number of aromatic nitrogens is 1. The lowest BCUT2D eigenvalue weighted by molar-refractivity contribution is -0.114. The molecule has 2 aliphatic heterocycles. The fraction of sp³-hybridized carbons (Fsp3) is 0. The molecule has 1 amide bonds. The Morgan fingerprint density at radius 1 is 1.38 bits per heavy atom. The predicted molar refractivity (Wildman–Crippen MR) is 43.6 cm³/mol. The summed E-state index contributed by atoms with van der Waals surface area (Å²) in [6, 6.07) is 1.83. The largest absolute Gasteiger partial charge is 0.458 e. The first-order chi connectivity index (χ1) is 6.36. The SMILES string of the molecule is O=C1N=c2nccc3c2=C1OC=C3. The summed E-state index contributed by atoms with van der Waals surface area (Å²) in [5.74, 6) is -0.0556. The first-order valence-corrected chi connectivity index (χ1v) is 3.82. The van der Waals surface area contributed by atoms with E-state index in [9.17, 15) is 4.79 Å². The van der Waals surface area contributed by atoms with Crippen LogP contribution in [0.5, 0.6) is 0 Å². The summed E-state index contributed by atoms with van der Waals surface area (Å²) in [4.78, 5) is 19.0. The Balaban J connectivity index is 2.61. The quantitative estimate of drug-likeness (QED) is 0.522. The monoisotopic (exact) mass is 172 g/mol. The number of amides is 1. The van der Waals surface area contributed by atoms with Crippen molar-refractivity contribution in [2.24, 2.45) is 4.99 Å². The van der Waals surface area contributed by atoms with E-state index in [0.29, 0.717) is 11.2 Å². The molecule has 4 nitrogen and oxygen atoms in total. The maximum atomic E-state index is 11.2. The van der Waals surface area contributed by atoms with Crippen molar-refractivity contribution in [1.82, 2.24) is 4.98 Å². The van der Waals surface area contributed by atoms with Crippen molar-refractivity contribution in [1.29, 1.82) is 0 Å². The van der Waals surface area contributed by atoms with Gasteiger partial charge in [-0.2, -0.15) is 4.99 Å². The van der Waals surface area contributed by atoms with Crippen LogP contribution in [-0.2, 0) is 9.53 Å². The lowest BCUT2D eigenvalue weighted by Gasteiger charge is -2.03. The average Bonchev–Trinajstić information content (AvgIpc) is 2.47. The van der Waals surface area contributed by atoms with Gasteiger partial charge in [0.05, 0.1) is 11.5 Å². The summed E-state index contributed by atoms with van der Waals surface area (Å²) in [6.45, 7) is 0. The number of rotatable bonds is 0. The van der Waals surface area contributed by atoms with Crippen molar-refractivity contribution in [2.75, 3.05) is 0 Å². The van der Waals surface area contributed by atoms with Crippen LogP contribution in [0.1, 0.15) is 5.56 Å². The van der Waals surface area contributed by atoms with E-state index in [2.05, 4.69) is 9.98 Å². The van der Waals surface area contributed by atoms with Crippen LogP contribution < -0.4 is 10.7 Å². The lowest BCUT2D eigenvalue weighted by atomic mass is 10.2. The highest BCUT2D eigenvalue weighted by Gasteiger charge is 2.21. The molecular formula is C9H4N2O2. The third kappa shape index (κ3) is 0.717. The summed E-state index contributed by atoms with van der Waals surface area (Å²) < 4.78 is 5.07. The van der Waals surface area contributed by atoms with Gasteiger partial charge in [-0.25, -0.2) is 4.98 Å². The van der Waals surface area contributed by atoms with Crippen molar-refractivity contribution < 1.29 is 9.53 Å². The Morgan fingerprint density at radius 3 is 3.23 bits per heavy atom. The molecule has 0 radical (unpaired) electrons. The molecule has 4 heteroatoms. The van der Waals surface area contributed by atoms with Crippen molar-refractivity contribution in [2.45, 2.75) is 0 Å². The van der Waals surface area contributed by atoms with Crippen LogP contribution in [0.15, 0.2) is 23.5 Å². The minimum atomic E-state index is -0.348. The van der Waals surface area contributed by atoms with Gasteiger partial charge in [-0.05, 0) is 17.7 Å². The highest BCUT2D eigenvalue weighted by atomic mass is 16.5. The summed E-state index contributed by atoms with van der Waals surface area (Å²) in [5, 5.41) is 0.718. The highest BCUT2D eigenvalue weighted by molar-refractivity contribution is 6.13. The number of ether oxygens (including phenoxy) is 1. The molecule has 0 saturated heterocycles. The van der Waals surface area contributed by atoms with Gasteiger partial charge in [0.25, 0.3) is 0 Å². The van der Waals surface area contributed by atoms with Crippen molar-refractivity contribution in [3.8, 4) is 0 Å². The zero-order valence-corrected chi connectivity index (χ0v) is 6.52. The lowest BCUT2D eigenvalue weighted by Crippen LogP contribution is -2.30. The molecule has 0 fully saturated rings. The Hall–Kier alpha value is -1.97. The Kier molecular flexibility index (Phi) is 1.02. The van der Waals surface area contributed by atoms with Gasteiger partial charge in [-0.3, -0.25) is 4.79 Å². The maximum absolute atomic E-state index is 11.2. The number of carbonyl (C=O) groups excluding carboxylic acids is 1. The van der Waals surface area contributed by atoms with Crippen molar-refractivity contribution in [3.05, 3.63) is 34.8 Å². The second kappa shape index (κ2) is 2.04. The van der Waals surface area contributed by atoms with Gasteiger partial charge in [0.15, 0.2) is 5.49 Å². The molecular weight excluding hydrogens is 168 g/mol. The summed E-state index contributed by atoms with van der Waals surface area (Å²) in [5.41, 5.74) is 1.39. The summed E-state index contributed by atoms with van der Waals surface area (Å²) in [7, 11) is 0. The first-order valence-electron chi connectivity index (χ1n) is 3.82. The molecule has 0 N–H and O–H groups in total. The van der Waals surface area contributed by atoms with Crippen LogP contribution in [0.4, 0.5) is 0 Å². The third-order valence-corrected chi connectivity index (χ3v) is 2.03. The molecule has 0 unspecified atom stereocenters. The normalized spacial score (nSPS) is 16.6. The highest BCUT2D eigenvalue weighted by Crippen LogP contribution is 2.10. The van der Waals surface area contributed by atoms with Gasteiger partial charge in [0.2, 0.25) is 5.76 Å². The fourth-order valence-electron chi connectivity index (χ4n) is 1.46. The van der Waals surface area contributed by atoms with Crippen molar-refractivity contribution in [3.63, 3.8) is 0 Å². The van der Waals surface area contributed by atoms with Gasteiger partial charge in [0, 0.05) is 6.20 Å². The van der Waals surface area contributed by atoms with E-state index in [-0.39, 0.29) is 5.91 Å². The summed E-state index contributed by atoms with van der Waals surface area (Å²) >= 11 is 0. The van der Waals surface area contributed by atoms with Crippen LogP contribution in [0.2, 0.25) is 0 Å². The third-order valence-electron chi connectivity index (χ3n) is 2.03. The first kappa shape index (κ1) is 6.54. The predicted octanol–water partition coefficient (Wildman–Crippen LogP) is -0.650. The molecule has 1 aromatic heterocycles. The van der Waals surface area contributed by atoms with Gasteiger partial charge < -0.3 is 4.74 Å². The van der Waals surface area contributed by atoms with Crippen LogP contribution in [0, 0.1) is 0 Å². The minimum absolute atomic E-state index is 0.292. The van der Waals surface area contributed by atoms with Crippen molar-refractivity contribution >= 4 is 17.7 Å². The Bertz CT molecular complexity index is 557. The van der Waals surface area contributed by atoms with Gasteiger partial charge in [0.1, 0.15) is 0 Å². The second-order valence-electron chi connectivity index (χ2n) is 2.77. The Morgan fingerprint density at radius 2 is 2.31 bits per heavy atom. The molecule has 0 spiro atoms. The van der Waals surface area contributed by atoms with E-state index in [1.165, 1.54) is 6.26 Å². The topological polar surface area (TPSA) is 51.5 Å². The van der Waals surface area contributed by atoms with Gasteiger partial charge in [-0.1, -0.05) is 0 Å². The standard InChI is InChI=1S/C9H4N2O2/c12-9-7-6-5(2-4-13-7)1-3-10-8(6)11-9/h1-4H. The smallest absolute Gasteiger partial charge is 0.315 e. The molecule has 3 rings (SSSR count). The van der Waals surface area contributed by atoms with Crippen LogP contribution in [0.25, 0.3) is 11.8 Å². The zero-order valence-electron chi connectivity index (χ0n) is 6.52. The Labute approximate surface area is 72.9 Å².